The zero-order valence-electron chi connectivity index (χ0n) is 8.31. The smallest absolute Gasteiger partial charge is 0.0157 e. The maximum absolute atomic E-state index is 3.41. The van der Waals surface area contributed by atoms with E-state index in [0.717, 1.165) is 12.0 Å². The van der Waals surface area contributed by atoms with Gasteiger partial charge in [-0.2, -0.15) is 11.8 Å². The molecule has 0 bridgehead atoms. The van der Waals surface area contributed by atoms with Crippen LogP contribution in [0.3, 0.4) is 0 Å². The van der Waals surface area contributed by atoms with E-state index in [-0.39, 0.29) is 0 Å². The molecule has 0 amide bonds. The highest BCUT2D eigenvalue weighted by atomic mass is 32.2. The lowest BCUT2D eigenvalue weighted by Crippen LogP contribution is -2.29. The highest BCUT2D eigenvalue weighted by Crippen LogP contribution is 2.28. The summed E-state index contributed by atoms with van der Waals surface area (Å²) in [5.74, 6) is 2.29. The van der Waals surface area contributed by atoms with Gasteiger partial charge in [0, 0.05) is 11.8 Å². The molecular weight excluding hydrogens is 166 g/mol. The van der Waals surface area contributed by atoms with Gasteiger partial charge in [0.1, 0.15) is 0 Å². The fourth-order valence-electron chi connectivity index (χ4n) is 2.12. The summed E-state index contributed by atoms with van der Waals surface area (Å²) in [4.78, 5) is 0. The lowest BCUT2D eigenvalue weighted by Gasteiger charge is -2.18. The number of hydrogen-bond acceptors (Lipinski definition) is 2. The van der Waals surface area contributed by atoms with Crippen LogP contribution < -0.4 is 5.32 Å². The third kappa shape index (κ3) is 3.36. The Labute approximate surface area is 80.7 Å². The van der Waals surface area contributed by atoms with Crippen LogP contribution in [0.1, 0.15) is 32.1 Å². The minimum Gasteiger partial charge on any atom is -0.316 e. The van der Waals surface area contributed by atoms with Crippen LogP contribution in [-0.4, -0.2) is 25.1 Å². The van der Waals surface area contributed by atoms with Crippen LogP contribution in [0.2, 0.25) is 0 Å². The Morgan fingerprint density at radius 1 is 1.42 bits per heavy atom. The average molecular weight is 187 g/mol. The van der Waals surface area contributed by atoms with Crippen LogP contribution in [0, 0.1) is 5.92 Å². The van der Waals surface area contributed by atoms with E-state index in [4.69, 9.17) is 0 Å². The molecule has 1 atom stereocenters. The maximum atomic E-state index is 3.41. The van der Waals surface area contributed by atoms with Crippen molar-refractivity contribution in [2.24, 2.45) is 5.92 Å². The Morgan fingerprint density at radius 3 is 2.58 bits per heavy atom. The van der Waals surface area contributed by atoms with Gasteiger partial charge in [-0.3, -0.25) is 0 Å². The number of nitrogens with one attached hydrogen (secondary N) is 1. The Bertz CT molecular complexity index is 110. The molecule has 2 heteroatoms. The van der Waals surface area contributed by atoms with E-state index in [9.17, 15) is 0 Å². The van der Waals surface area contributed by atoms with Gasteiger partial charge in [-0.15, -0.1) is 0 Å². The molecule has 0 heterocycles. The lowest BCUT2D eigenvalue weighted by atomic mass is 9.99. The van der Waals surface area contributed by atoms with Gasteiger partial charge in [0.2, 0.25) is 0 Å². The molecule has 0 aliphatic heterocycles. The topological polar surface area (TPSA) is 12.0 Å². The van der Waals surface area contributed by atoms with Crippen molar-refractivity contribution < 1.29 is 0 Å². The van der Waals surface area contributed by atoms with Gasteiger partial charge in [-0.1, -0.05) is 25.7 Å². The molecule has 1 saturated carbocycles. The summed E-state index contributed by atoms with van der Waals surface area (Å²) in [7, 11) is 2.09. The first-order chi connectivity index (χ1) is 5.86. The second-order valence-electron chi connectivity index (χ2n) is 3.83. The molecule has 72 valence electrons. The van der Waals surface area contributed by atoms with Crippen LogP contribution >= 0.6 is 11.8 Å². The fraction of sp³-hybridized carbons (Fsp3) is 1.00. The summed E-state index contributed by atoms with van der Waals surface area (Å²) >= 11 is 1.96. The first kappa shape index (κ1) is 10.4. The van der Waals surface area contributed by atoms with Crippen molar-refractivity contribution in [2.75, 3.05) is 19.1 Å². The predicted octanol–water partition coefficient (Wildman–Crippen LogP) is 2.52. The van der Waals surface area contributed by atoms with E-state index in [1.54, 1.807) is 0 Å². The molecule has 0 aromatic heterocycles. The summed E-state index contributed by atoms with van der Waals surface area (Å²) in [6.45, 7) is 0. The SMILES string of the molecule is CNC(CSC)CC1CCCC1. The van der Waals surface area contributed by atoms with Gasteiger partial charge in [0.05, 0.1) is 0 Å². The van der Waals surface area contributed by atoms with E-state index in [1.807, 2.05) is 11.8 Å². The molecule has 1 aliphatic carbocycles. The molecule has 1 fully saturated rings. The first-order valence-electron chi connectivity index (χ1n) is 5.03. The summed E-state index contributed by atoms with van der Waals surface area (Å²) in [6, 6.07) is 0.753. The predicted molar refractivity (Wildman–Crippen MR) is 57.8 cm³/mol. The molecule has 1 aliphatic rings. The molecule has 0 aromatic carbocycles. The molecule has 12 heavy (non-hydrogen) atoms. The van der Waals surface area contributed by atoms with Gasteiger partial charge in [0.15, 0.2) is 0 Å². The molecule has 1 N–H and O–H groups in total. The van der Waals surface area contributed by atoms with Crippen molar-refractivity contribution in [3.8, 4) is 0 Å². The zero-order chi connectivity index (χ0) is 8.81. The van der Waals surface area contributed by atoms with Crippen molar-refractivity contribution in [1.29, 1.82) is 0 Å². The minimum absolute atomic E-state index is 0.753. The largest absolute Gasteiger partial charge is 0.316 e. The van der Waals surface area contributed by atoms with Crippen LogP contribution in [0.4, 0.5) is 0 Å². The molecular formula is C10H21NS. The van der Waals surface area contributed by atoms with E-state index in [0.29, 0.717) is 0 Å². The van der Waals surface area contributed by atoms with Crippen molar-refractivity contribution in [3.05, 3.63) is 0 Å². The van der Waals surface area contributed by atoms with Gasteiger partial charge >= 0.3 is 0 Å². The second kappa shape index (κ2) is 5.87. The quantitative estimate of drug-likeness (QED) is 0.710. The lowest BCUT2D eigenvalue weighted by molar-refractivity contribution is 0.427. The summed E-state index contributed by atoms with van der Waals surface area (Å²) in [5.41, 5.74) is 0. The highest BCUT2D eigenvalue weighted by Gasteiger charge is 2.18. The number of hydrogen-bond donors (Lipinski definition) is 1. The van der Waals surface area contributed by atoms with Crippen molar-refractivity contribution in [2.45, 2.75) is 38.1 Å². The van der Waals surface area contributed by atoms with Crippen molar-refractivity contribution in [3.63, 3.8) is 0 Å². The second-order valence-corrected chi connectivity index (χ2v) is 4.74. The molecule has 1 nitrogen and oxygen atoms in total. The number of thioether (sulfide) groups is 1. The summed E-state index contributed by atoms with van der Waals surface area (Å²) in [6.07, 6.45) is 9.50. The van der Waals surface area contributed by atoms with E-state index < -0.39 is 0 Å². The Balaban J connectivity index is 2.16. The normalized spacial score (nSPS) is 21.5. The molecule has 0 radical (unpaired) electrons. The summed E-state index contributed by atoms with van der Waals surface area (Å²) < 4.78 is 0. The van der Waals surface area contributed by atoms with Gasteiger partial charge in [-0.25, -0.2) is 0 Å². The monoisotopic (exact) mass is 187 g/mol. The highest BCUT2D eigenvalue weighted by molar-refractivity contribution is 7.98. The standard InChI is InChI=1S/C10H21NS/c1-11-10(8-12-2)7-9-5-3-4-6-9/h9-11H,3-8H2,1-2H3. The third-order valence-electron chi connectivity index (χ3n) is 2.87. The van der Waals surface area contributed by atoms with Gasteiger partial charge < -0.3 is 5.32 Å². The van der Waals surface area contributed by atoms with Gasteiger partial charge in [-0.05, 0) is 25.6 Å². The van der Waals surface area contributed by atoms with Crippen LogP contribution in [0.25, 0.3) is 0 Å². The third-order valence-corrected chi connectivity index (χ3v) is 3.60. The van der Waals surface area contributed by atoms with Crippen molar-refractivity contribution in [1.82, 2.24) is 5.32 Å². The van der Waals surface area contributed by atoms with Crippen LogP contribution in [-0.2, 0) is 0 Å². The fourth-order valence-corrected chi connectivity index (χ4v) is 2.82. The number of rotatable bonds is 5. The van der Waals surface area contributed by atoms with Crippen LogP contribution in [0.15, 0.2) is 0 Å². The molecule has 0 saturated heterocycles. The van der Waals surface area contributed by atoms with E-state index in [2.05, 4.69) is 18.6 Å². The molecule has 0 aromatic rings. The zero-order valence-corrected chi connectivity index (χ0v) is 9.12. The van der Waals surface area contributed by atoms with Crippen molar-refractivity contribution >= 4 is 11.8 Å². The van der Waals surface area contributed by atoms with Crippen LogP contribution in [0.5, 0.6) is 0 Å². The minimum atomic E-state index is 0.753. The first-order valence-corrected chi connectivity index (χ1v) is 6.42. The molecule has 1 rings (SSSR count). The maximum Gasteiger partial charge on any atom is 0.0157 e. The van der Waals surface area contributed by atoms with Gasteiger partial charge in [0.25, 0.3) is 0 Å². The average Bonchev–Trinajstić information content (AvgIpc) is 2.56. The molecule has 1 unspecified atom stereocenters. The summed E-state index contributed by atoms with van der Waals surface area (Å²) in [5, 5.41) is 3.41. The molecule has 0 spiro atoms. The van der Waals surface area contributed by atoms with E-state index in [1.165, 1.54) is 37.9 Å². The Kier molecular flexibility index (Phi) is 5.08. The Hall–Kier alpha value is 0.310. The Morgan fingerprint density at radius 2 is 2.08 bits per heavy atom. The van der Waals surface area contributed by atoms with E-state index >= 15 is 0 Å².